The summed E-state index contributed by atoms with van der Waals surface area (Å²) in [5, 5.41) is 0. The van der Waals surface area contributed by atoms with Crippen molar-refractivity contribution in [3.63, 3.8) is 0 Å². The summed E-state index contributed by atoms with van der Waals surface area (Å²) in [6, 6.07) is 8.18. The summed E-state index contributed by atoms with van der Waals surface area (Å²) in [7, 11) is -0.294. The molecule has 1 fully saturated rings. The molecule has 0 aromatic heterocycles. The SMILES string of the molecule is CC1(C)OB(c2ccc(C=CCN)cc2)OC1(C)C. The number of hydrogen-bond donors (Lipinski definition) is 1. The summed E-state index contributed by atoms with van der Waals surface area (Å²) in [4.78, 5) is 0. The first-order valence-electron chi connectivity index (χ1n) is 6.68. The van der Waals surface area contributed by atoms with Gasteiger partial charge in [-0.25, -0.2) is 0 Å². The molecule has 0 radical (unpaired) electrons. The van der Waals surface area contributed by atoms with Gasteiger partial charge in [-0.05, 0) is 38.7 Å². The standard InChI is InChI=1S/C15H22BNO2/c1-14(2)15(3,4)19-16(18-14)13-9-7-12(8-10-13)6-5-11-17/h5-10H,11,17H2,1-4H3. The van der Waals surface area contributed by atoms with E-state index in [-0.39, 0.29) is 18.3 Å². The van der Waals surface area contributed by atoms with Crippen LogP contribution in [-0.4, -0.2) is 24.9 Å². The van der Waals surface area contributed by atoms with Crippen molar-refractivity contribution in [2.24, 2.45) is 5.73 Å². The van der Waals surface area contributed by atoms with Gasteiger partial charge in [-0.1, -0.05) is 36.4 Å². The minimum absolute atomic E-state index is 0.294. The van der Waals surface area contributed by atoms with E-state index in [1.54, 1.807) is 0 Å². The van der Waals surface area contributed by atoms with E-state index >= 15 is 0 Å². The van der Waals surface area contributed by atoms with Gasteiger partial charge < -0.3 is 15.0 Å². The Hall–Kier alpha value is -1.10. The van der Waals surface area contributed by atoms with Crippen LogP contribution >= 0.6 is 0 Å². The highest BCUT2D eigenvalue weighted by Gasteiger charge is 2.51. The molecule has 0 aliphatic carbocycles. The summed E-state index contributed by atoms with van der Waals surface area (Å²) in [5.74, 6) is 0. The molecule has 1 aromatic rings. The van der Waals surface area contributed by atoms with Crippen LogP contribution in [0.4, 0.5) is 0 Å². The van der Waals surface area contributed by atoms with Crippen LogP contribution in [0.1, 0.15) is 33.3 Å². The Morgan fingerprint density at radius 1 is 1.05 bits per heavy atom. The molecule has 1 saturated heterocycles. The van der Waals surface area contributed by atoms with Gasteiger partial charge in [0.15, 0.2) is 0 Å². The maximum absolute atomic E-state index is 6.01. The molecule has 1 aliphatic heterocycles. The van der Waals surface area contributed by atoms with Crippen molar-refractivity contribution in [3.05, 3.63) is 35.9 Å². The van der Waals surface area contributed by atoms with Gasteiger partial charge in [-0.2, -0.15) is 0 Å². The van der Waals surface area contributed by atoms with Crippen LogP contribution in [-0.2, 0) is 9.31 Å². The van der Waals surface area contributed by atoms with Crippen LogP contribution < -0.4 is 11.2 Å². The maximum atomic E-state index is 6.01. The van der Waals surface area contributed by atoms with Crippen molar-refractivity contribution in [3.8, 4) is 0 Å². The van der Waals surface area contributed by atoms with Crippen molar-refractivity contribution in [1.82, 2.24) is 0 Å². The molecule has 2 rings (SSSR count). The van der Waals surface area contributed by atoms with Gasteiger partial charge in [-0.15, -0.1) is 0 Å². The van der Waals surface area contributed by atoms with Crippen molar-refractivity contribution in [2.75, 3.05) is 6.54 Å². The van der Waals surface area contributed by atoms with Crippen LogP contribution in [0.25, 0.3) is 6.08 Å². The van der Waals surface area contributed by atoms with Gasteiger partial charge in [-0.3, -0.25) is 0 Å². The molecule has 0 atom stereocenters. The fourth-order valence-electron chi connectivity index (χ4n) is 1.95. The average molecular weight is 259 g/mol. The Morgan fingerprint density at radius 2 is 1.58 bits per heavy atom. The predicted octanol–water partition coefficient (Wildman–Crippen LogP) is 1.96. The number of benzene rings is 1. The van der Waals surface area contributed by atoms with Crippen LogP contribution in [0.2, 0.25) is 0 Å². The molecule has 2 N–H and O–H groups in total. The molecule has 3 nitrogen and oxygen atoms in total. The fourth-order valence-corrected chi connectivity index (χ4v) is 1.95. The van der Waals surface area contributed by atoms with E-state index in [4.69, 9.17) is 15.0 Å². The lowest BCUT2D eigenvalue weighted by Crippen LogP contribution is -2.41. The molecule has 102 valence electrons. The fraction of sp³-hybridized carbons (Fsp3) is 0.467. The van der Waals surface area contributed by atoms with Crippen LogP contribution in [0.3, 0.4) is 0 Å². The minimum Gasteiger partial charge on any atom is -0.399 e. The lowest BCUT2D eigenvalue weighted by molar-refractivity contribution is 0.00578. The van der Waals surface area contributed by atoms with E-state index in [0.717, 1.165) is 11.0 Å². The Labute approximate surface area is 115 Å². The number of nitrogens with two attached hydrogens (primary N) is 1. The highest BCUT2D eigenvalue weighted by atomic mass is 16.7. The van der Waals surface area contributed by atoms with Crippen molar-refractivity contribution in [1.29, 1.82) is 0 Å². The molecule has 1 aromatic carbocycles. The second-order valence-electron chi connectivity index (χ2n) is 5.89. The largest absolute Gasteiger partial charge is 0.494 e. The third-order valence-corrected chi connectivity index (χ3v) is 3.91. The molecule has 19 heavy (non-hydrogen) atoms. The zero-order valence-corrected chi connectivity index (χ0v) is 12.1. The van der Waals surface area contributed by atoms with Gasteiger partial charge in [0.2, 0.25) is 0 Å². The molecule has 1 heterocycles. The Balaban J connectivity index is 2.14. The summed E-state index contributed by atoms with van der Waals surface area (Å²) < 4.78 is 12.0. The van der Waals surface area contributed by atoms with E-state index in [2.05, 4.69) is 27.7 Å². The Kier molecular flexibility index (Phi) is 3.86. The summed E-state index contributed by atoms with van der Waals surface area (Å²) in [5.41, 5.74) is 7.02. The second-order valence-corrected chi connectivity index (χ2v) is 5.89. The quantitative estimate of drug-likeness (QED) is 0.844. The third kappa shape index (κ3) is 2.91. The Morgan fingerprint density at radius 3 is 2.05 bits per heavy atom. The first-order valence-corrected chi connectivity index (χ1v) is 6.68. The maximum Gasteiger partial charge on any atom is 0.494 e. The van der Waals surface area contributed by atoms with Gasteiger partial charge in [0.05, 0.1) is 11.2 Å². The van der Waals surface area contributed by atoms with Gasteiger partial charge in [0, 0.05) is 6.54 Å². The van der Waals surface area contributed by atoms with E-state index in [0.29, 0.717) is 6.54 Å². The van der Waals surface area contributed by atoms with E-state index in [1.165, 1.54) is 0 Å². The molecule has 1 aliphatic rings. The first kappa shape index (κ1) is 14.3. The lowest BCUT2D eigenvalue weighted by Gasteiger charge is -2.32. The second kappa shape index (κ2) is 5.12. The summed E-state index contributed by atoms with van der Waals surface area (Å²) in [6.07, 6.45) is 3.94. The monoisotopic (exact) mass is 259 g/mol. The van der Waals surface area contributed by atoms with Crippen LogP contribution in [0, 0.1) is 0 Å². The average Bonchev–Trinajstić information content (AvgIpc) is 2.56. The topological polar surface area (TPSA) is 44.5 Å². The van der Waals surface area contributed by atoms with Gasteiger partial charge >= 0.3 is 7.12 Å². The first-order chi connectivity index (χ1) is 8.86. The van der Waals surface area contributed by atoms with Crippen molar-refractivity contribution >= 4 is 18.7 Å². The molecule has 0 unspecified atom stereocenters. The molecule has 0 bridgehead atoms. The van der Waals surface area contributed by atoms with E-state index < -0.39 is 0 Å². The van der Waals surface area contributed by atoms with Crippen LogP contribution in [0.15, 0.2) is 30.3 Å². The highest BCUT2D eigenvalue weighted by Crippen LogP contribution is 2.36. The zero-order valence-electron chi connectivity index (χ0n) is 12.1. The molecular weight excluding hydrogens is 237 g/mol. The molecular formula is C15H22BNO2. The molecule has 0 saturated carbocycles. The number of rotatable bonds is 3. The van der Waals surface area contributed by atoms with Gasteiger partial charge in [0.1, 0.15) is 0 Å². The van der Waals surface area contributed by atoms with Gasteiger partial charge in [0.25, 0.3) is 0 Å². The third-order valence-electron chi connectivity index (χ3n) is 3.91. The number of hydrogen-bond acceptors (Lipinski definition) is 3. The normalized spacial score (nSPS) is 21.2. The Bertz CT molecular complexity index is 450. The van der Waals surface area contributed by atoms with Crippen molar-refractivity contribution < 1.29 is 9.31 Å². The van der Waals surface area contributed by atoms with Crippen LogP contribution in [0.5, 0.6) is 0 Å². The van der Waals surface area contributed by atoms with Crippen molar-refractivity contribution in [2.45, 2.75) is 38.9 Å². The van der Waals surface area contributed by atoms with E-state index in [9.17, 15) is 0 Å². The minimum atomic E-state index is -0.296. The zero-order chi connectivity index (χ0) is 14.1. The van der Waals surface area contributed by atoms with E-state index in [1.807, 2.05) is 36.4 Å². The highest BCUT2D eigenvalue weighted by molar-refractivity contribution is 6.62. The lowest BCUT2D eigenvalue weighted by atomic mass is 9.79. The molecule has 0 spiro atoms. The smallest absolute Gasteiger partial charge is 0.399 e. The summed E-state index contributed by atoms with van der Waals surface area (Å²) in [6.45, 7) is 8.80. The predicted molar refractivity (Wildman–Crippen MR) is 80.2 cm³/mol. The summed E-state index contributed by atoms with van der Waals surface area (Å²) >= 11 is 0. The molecule has 4 heteroatoms. The molecule has 0 amide bonds.